The van der Waals surface area contributed by atoms with Gasteiger partial charge in [-0.25, -0.2) is 17.7 Å². The van der Waals surface area contributed by atoms with Gasteiger partial charge in [0.05, 0.1) is 16.8 Å². The molecule has 26 heavy (non-hydrogen) atoms. The van der Waals surface area contributed by atoms with Gasteiger partial charge >= 0.3 is 12.3 Å². The van der Waals surface area contributed by atoms with E-state index in [1.807, 2.05) is 0 Å². The number of nitrogens with zero attached hydrogens (tertiary/aromatic N) is 2. The number of hydrogen-bond donors (Lipinski definition) is 1. The molecule has 0 bridgehead atoms. The van der Waals surface area contributed by atoms with Crippen LogP contribution in [0.2, 0.25) is 0 Å². The smallest absolute Gasteiger partial charge is 0.416 e. The fourth-order valence-electron chi connectivity index (χ4n) is 2.13. The highest BCUT2D eigenvalue weighted by molar-refractivity contribution is 7.91. The molecule has 144 valence electrons. The number of aromatic nitrogens is 2. The van der Waals surface area contributed by atoms with Gasteiger partial charge in [-0.05, 0) is 32.9 Å². The monoisotopic (exact) mass is 393 g/mol. The molecule has 0 radical (unpaired) electrons. The standard InChI is InChI=1S/C15H18F3N3O4S/c1-5-26(23,24)11-10-8-9(15(16,17)18)6-7-21(10)20-12(11)19-13(22)25-14(2,3)4/h6-8H,5H2,1-4H3,(H,19,20,22). The van der Waals surface area contributed by atoms with Crippen molar-refractivity contribution in [2.24, 2.45) is 0 Å². The summed E-state index contributed by atoms with van der Waals surface area (Å²) in [5, 5.41) is 6.08. The van der Waals surface area contributed by atoms with Gasteiger partial charge in [0.2, 0.25) is 0 Å². The SMILES string of the molecule is CCS(=O)(=O)c1c(NC(=O)OC(C)(C)C)nn2ccc(C(F)(F)F)cc12. The van der Waals surface area contributed by atoms with E-state index in [0.717, 1.165) is 16.8 Å². The Hall–Kier alpha value is -2.30. The molecule has 0 aliphatic rings. The summed E-state index contributed by atoms with van der Waals surface area (Å²) in [6.45, 7) is 6.16. The van der Waals surface area contributed by atoms with E-state index in [4.69, 9.17) is 4.74 Å². The number of anilines is 1. The van der Waals surface area contributed by atoms with E-state index >= 15 is 0 Å². The third-order valence-corrected chi connectivity index (χ3v) is 5.01. The molecule has 0 unspecified atom stereocenters. The van der Waals surface area contributed by atoms with Crippen molar-refractivity contribution in [2.45, 2.75) is 44.4 Å². The maximum absolute atomic E-state index is 13.0. The second kappa shape index (κ2) is 6.45. The van der Waals surface area contributed by atoms with Gasteiger partial charge in [0.15, 0.2) is 15.7 Å². The molecule has 0 saturated heterocycles. The fraction of sp³-hybridized carbons (Fsp3) is 0.467. The van der Waals surface area contributed by atoms with Crippen molar-refractivity contribution in [3.63, 3.8) is 0 Å². The van der Waals surface area contributed by atoms with Gasteiger partial charge < -0.3 is 4.74 Å². The van der Waals surface area contributed by atoms with Gasteiger partial charge in [0, 0.05) is 6.20 Å². The summed E-state index contributed by atoms with van der Waals surface area (Å²) < 4.78 is 69.7. The molecule has 0 fully saturated rings. The minimum absolute atomic E-state index is 0.285. The summed E-state index contributed by atoms with van der Waals surface area (Å²) in [7, 11) is -3.98. The molecule has 0 spiro atoms. The largest absolute Gasteiger partial charge is 0.444 e. The molecule has 0 aliphatic carbocycles. The van der Waals surface area contributed by atoms with Crippen LogP contribution in [0.1, 0.15) is 33.3 Å². The van der Waals surface area contributed by atoms with Crippen LogP contribution in [-0.4, -0.2) is 35.5 Å². The number of pyridine rings is 1. The highest BCUT2D eigenvalue weighted by atomic mass is 32.2. The third kappa shape index (κ3) is 4.26. The fourth-order valence-corrected chi connectivity index (χ4v) is 3.28. The molecule has 2 aromatic rings. The van der Waals surface area contributed by atoms with Crippen molar-refractivity contribution in [2.75, 3.05) is 11.1 Å². The van der Waals surface area contributed by atoms with Crippen LogP contribution in [0.15, 0.2) is 23.2 Å². The van der Waals surface area contributed by atoms with E-state index in [1.54, 1.807) is 20.8 Å². The zero-order valence-electron chi connectivity index (χ0n) is 14.5. The summed E-state index contributed by atoms with van der Waals surface area (Å²) in [6.07, 6.45) is -4.64. The summed E-state index contributed by atoms with van der Waals surface area (Å²) in [6, 6.07) is 1.44. The van der Waals surface area contributed by atoms with E-state index in [9.17, 15) is 26.4 Å². The van der Waals surface area contributed by atoms with Gasteiger partial charge in [-0.2, -0.15) is 13.2 Å². The maximum atomic E-state index is 13.0. The number of carbonyl (C=O) groups excluding carboxylic acids is 1. The predicted molar refractivity (Wildman–Crippen MR) is 87.8 cm³/mol. The number of amides is 1. The zero-order chi connectivity index (χ0) is 19.9. The number of halogens is 3. The Kier molecular flexibility index (Phi) is 4.97. The number of fused-ring (bicyclic) bond motifs is 1. The Morgan fingerprint density at radius 3 is 2.42 bits per heavy atom. The number of rotatable bonds is 3. The van der Waals surface area contributed by atoms with E-state index < -0.39 is 38.2 Å². The second-order valence-corrected chi connectivity index (χ2v) is 8.67. The van der Waals surface area contributed by atoms with Crippen molar-refractivity contribution in [1.82, 2.24) is 9.61 Å². The van der Waals surface area contributed by atoms with Crippen molar-refractivity contribution in [3.8, 4) is 0 Å². The van der Waals surface area contributed by atoms with Crippen LogP contribution < -0.4 is 5.32 Å². The van der Waals surface area contributed by atoms with Crippen LogP contribution in [0, 0.1) is 0 Å². The topological polar surface area (TPSA) is 89.8 Å². The Morgan fingerprint density at radius 1 is 1.31 bits per heavy atom. The highest BCUT2D eigenvalue weighted by Crippen LogP contribution is 2.33. The normalized spacial score (nSPS) is 13.0. The Labute approximate surface area is 148 Å². The first-order valence-corrected chi connectivity index (χ1v) is 9.22. The minimum Gasteiger partial charge on any atom is -0.444 e. The maximum Gasteiger partial charge on any atom is 0.416 e. The van der Waals surface area contributed by atoms with Crippen molar-refractivity contribution < 1.29 is 31.1 Å². The van der Waals surface area contributed by atoms with E-state index in [2.05, 4.69) is 10.4 Å². The van der Waals surface area contributed by atoms with Crippen LogP contribution >= 0.6 is 0 Å². The average molecular weight is 393 g/mol. The number of ether oxygens (including phenoxy) is 1. The Morgan fingerprint density at radius 2 is 1.92 bits per heavy atom. The van der Waals surface area contributed by atoms with Crippen molar-refractivity contribution in [3.05, 3.63) is 23.9 Å². The molecule has 11 heteroatoms. The third-order valence-electron chi connectivity index (χ3n) is 3.23. The average Bonchev–Trinajstić information content (AvgIpc) is 2.81. The highest BCUT2D eigenvalue weighted by Gasteiger charge is 2.33. The van der Waals surface area contributed by atoms with Gasteiger partial charge in [-0.3, -0.25) is 5.32 Å². The summed E-state index contributed by atoms with van der Waals surface area (Å²) in [4.78, 5) is 11.5. The molecule has 2 heterocycles. The number of hydrogen-bond acceptors (Lipinski definition) is 5. The first-order valence-electron chi connectivity index (χ1n) is 7.57. The number of sulfone groups is 1. The molecule has 0 aromatic carbocycles. The van der Waals surface area contributed by atoms with Gasteiger partial charge in [0.1, 0.15) is 10.5 Å². The second-order valence-electron chi connectivity index (χ2n) is 6.45. The number of nitrogens with one attached hydrogen (secondary N) is 1. The Balaban J connectivity index is 2.63. The lowest BCUT2D eigenvalue weighted by molar-refractivity contribution is -0.137. The summed E-state index contributed by atoms with van der Waals surface area (Å²) in [5.41, 5.74) is -2.16. The number of carbonyl (C=O) groups is 1. The summed E-state index contributed by atoms with van der Waals surface area (Å²) >= 11 is 0. The van der Waals surface area contributed by atoms with Gasteiger partial charge in [0.25, 0.3) is 0 Å². The first kappa shape index (κ1) is 20.0. The lowest BCUT2D eigenvalue weighted by Gasteiger charge is -2.19. The quantitative estimate of drug-likeness (QED) is 0.862. The van der Waals surface area contributed by atoms with Crippen LogP contribution in [0.5, 0.6) is 0 Å². The van der Waals surface area contributed by atoms with Crippen LogP contribution in [0.4, 0.5) is 23.8 Å². The lowest BCUT2D eigenvalue weighted by atomic mass is 10.2. The summed E-state index contributed by atoms with van der Waals surface area (Å²) in [5.74, 6) is -0.770. The number of alkyl halides is 3. The zero-order valence-corrected chi connectivity index (χ0v) is 15.3. The first-order chi connectivity index (χ1) is 11.7. The van der Waals surface area contributed by atoms with Crippen LogP contribution in [0.25, 0.3) is 5.52 Å². The molecule has 1 amide bonds. The van der Waals surface area contributed by atoms with Crippen molar-refractivity contribution in [1.29, 1.82) is 0 Å². The molecule has 7 nitrogen and oxygen atoms in total. The molecule has 0 atom stereocenters. The molecule has 1 N–H and O–H groups in total. The Bertz CT molecular complexity index is 943. The van der Waals surface area contributed by atoms with Crippen LogP contribution in [0.3, 0.4) is 0 Å². The van der Waals surface area contributed by atoms with E-state index in [1.165, 1.54) is 6.92 Å². The molecular weight excluding hydrogens is 375 g/mol. The molecule has 2 rings (SSSR count). The molecule has 0 saturated carbocycles. The van der Waals surface area contributed by atoms with E-state index in [-0.39, 0.29) is 17.1 Å². The van der Waals surface area contributed by atoms with Gasteiger partial charge in [-0.15, -0.1) is 5.10 Å². The van der Waals surface area contributed by atoms with Crippen molar-refractivity contribution >= 4 is 27.3 Å². The predicted octanol–water partition coefficient (Wildman–Crippen LogP) is 3.49. The van der Waals surface area contributed by atoms with E-state index in [0.29, 0.717) is 6.07 Å². The molecule has 0 aliphatic heterocycles. The minimum atomic E-state index is -4.65. The lowest BCUT2D eigenvalue weighted by Crippen LogP contribution is -2.27. The molecule has 2 aromatic heterocycles. The van der Waals surface area contributed by atoms with Gasteiger partial charge in [-0.1, -0.05) is 6.92 Å². The molecular formula is C15H18F3N3O4S. The van der Waals surface area contributed by atoms with Crippen LogP contribution in [-0.2, 0) is 20.8 Å².